The minimum Gasteiger partial charge on any atom is -0.545 e. The highest BCUT2D eigenvalue weighted by atomic mass is 35.5. The first-order valence-electron chi connectivity index (χ1n) is 7.78. The highest BCUT2D eigenvalue weighted by Gasteiger charge is 2.39. The van der Waals surface area contributed by atoms with Gasteiger partial charge in [-0.2, -0.15) is 0 Å². The summed E-state index contributed by atoms with van der Waals surface area (Å²) < 4.78 is 14.4. The summed E-state index contributed by atoms with van der Waals surface area (Å²) in [5.74, 6) is -1.42. The van der Waals surface area contributed by atoms with Gasteiger partial charge in [0, 0.05) is 22.2 Å². The molecule has 122 valence electrons. The van der Waals surface area contributed by atoms with E-state index in [9.17, 15) is 14.3 Å². The van der Waals surface area contributed by atoms with Gasteiger partial charge in [-0.05, 0) is 47.7 Å². The molecule has 0 saturated heterocycles. The fourth-order valence-corrected chi connectivity index (χ4v) is 4.10. The van der Waals surface area contributed by atoms with Crippen molar-refractivity contribution in [1.29, 1.82) is 0 Å². The van der Waals surface area contributed by atoms with Crippen molar-refractivity contribution in [2.45, 2.75) is 18.4 Å². The lowest BCUT2D eigenvalue weighted by molar-refractivity contribution is -0.255. The first-order valence-corrected chi connectivity index (χ1v) is 8.16. The van der Waals surface area contributed by atoms with Gasteiger partial charge in [-0.25, -0.2) is 4.39 Å². The minimum atomic E-state index is -1.20. The molecule has 3 unspecified atom stereocenters. The number of hydrogen-bond donors (Lipinski definition) is 1. The highest BCUT2D eigenvalue weighted by molar-refractivity contribution is 6.31. The van der Waals surface area contributed by atoms with Crippen molar-refractivity contribution in [3.8, 4) is 0 Å². The van der Waals surface area contributed by atoms with Crippen molar-refractivity contribution < 1.29 is 14.3 Å². The monoisotopic (exact) mass is 342 g/mol. The van der Waals surface area contributed by atoms with Gasteiger partial charge in [-0.1, -0.05) is 35.9 Å². The van der Waals surface area contributed by atoms with E-state index in [1.54, 1.807) is 24.3 Å². The third kappa shape index (κ3) is 2.29. The maximum Gasteiger partial charge on any atom is 0.129 e. The average molecular weight is 343 g/mol. The van der Waals surface area contributed by atoms with Gasteiger partial charge in [0.1, 0.15) is 5.82 Å². The topological polar surface area (TPSA) is 52.2 Å². The molecule has 0 amide bonds. The molecule has 0 aromatic heterocycles. The number of carboxylic acid groups (broad SMARTS) is 1. The molecule has 3 atom stereocenters. The molecular weight excluding hydrogens is 329 g/mol. The SMILES string of the molecule is O=C([O-])c1ccc2c(c1)C1C=CCC1C(c1c(F)cccc1Cl)N2. The zero-order valence-corrected chi connectivity index (χ0v) is 13.4. The van der Waals surface area contributed by atoms with Gasteiger partial charge >= 0.3 is 0 Å². The van der Waals surface area contributed by atoms with Gasteiger partial charge in [0.05, 0.1) is 12.0 Å². The van der Waals surface area contributed by atoms with Gasteiger partial charge in [-0.3, -0.25) is 0 Å². The fraction of sp³-hybridized carbons (Fsp3) is 0.211. The molecule has 1 aliphatic carbocycles. The number of allylic oxidation sites excluding steroid dienone is 2. The van der Waals surface area contributed by atoms with Crippen LogP contribution in [0.1, 0.15) is 39.9 Å². The van der Waals surface area contributed by atoms with Crippen LogP contribution < -0.4 is 10.4 Å². The second-order valence-corrected chi connectivity index (χ2v) is 6.61. The van der Waals surface area contributed by atoms with E-state index >= 15 is 0 Å². The van der Waals surface area contributed by atoms with Crippen LogP contribution in [0.2, 0.25) is 5.02 Å². The maximum atomic E-state index is 14.4. The smallest absolute Gasteiger partial charge is 0.129 e. The van der Waals surface area contributed by atoms with Crippen LogP contribution in [-0.2, 0) is 0 Å². The number of carboxylic acids is 1. The molecule has 5 heteroatoms. The highest BCUT2D eigenvalue weighted by Crippen LogP contribution is 2.51. The van der Waals surface area contributed by atoms with E-state index in [1.807, 2.05) is 0 Å². The van der Waals surface area contributed by atoms with Crippen molar-refractivity contribution in [2.24, 2.45) is 5.92 Å². The van der Waals surface area contributed by atoms with E-state index in [4.69, 9.17) is 11.6 Å². The Labute approximate surface area is 143 Å². The van der Waals surface area contributed by atoms with Crippen LogP contribution in [0, 0.1) is 11.7 Å². The van der Waals surface area contributed by atoms with E-state index in [1.165, 1.54) is 12.1 Å². The van der Waals surface area contributed by atoms with Crippen LogP contribution in [0.3, 0.4) is 0 Å². The summed E-state index contributed by atoms with van der Waals surface area (Å²) in [6.07, 6.45) is 4.90. The van der Waals surface area contributed by atoms with Gasteiger partial charge < -0.3 is 15.2 Å². The third-order valence-corrected chi connectivity index (χ3v) is 5.24. The predicted molar refractivity (Wildman–Crippen MR) is 88.5 cm³/mol. The quantitative estimate of drug-likeness (QED) is 0.847. The zero-order chi connectivity index (χ0) is 16.8. The lowest BCUT2D eigenvalue weighted by Crippen LogP contribution is -2.30. The van der Waals surface area contributed by atoms with Gasteiger partial charge in [0.15, 0.2) is 0 Å². The fourth-order valence-electron chi connectivity index (χ4n) is 3.81. The molecule has 3 nitrogen and oxygen atoms in total. The lowest BCUT2D eigenvalue weighted by atomic mass is 9.76. The number of hydrogen-bond acceptors (Lipinski definition) is 3. The summed E-state index contributed by atoms with van der Waals surface area (Å²) in [6, 6.07) is 9.28. The molecule has 0 radical (unpaired) electrons. The Morgan fingerprint density at radius 1 is 1.29 bits per heavy atom. The van der Waals surface area contributed by atoms with Crippen LogP contribution in [-0.4, -0.2) is 5.97 Å². The standard InChI is InChI=1S/C19H15ClFNO2/c20-14-5-2-6-15(21)17(14)18-12-4-1-3-11(12)13-9-10(19(23)24)7-8-16(13)22-18/h1-3,5-9,11-12,18,22H,4H2,(H,23,24)/p-1. The summed E-state index contributed by atoms with van der Waals surface area (Å²) in [6.45, 7) is 0. The van der Waals surface area contributed by atoms with Crippen molar-refractivity contribution in [3.63, 3.8) is 0 Å². The van der Waals surface area contributed by atoms with Crippen LogP contribution in [0.15, 0.2) is 48.6 Å². The lowest BCUT2D eigenvalue weighted by Gasteiger charge is -2.38. The van der Waals surface area contributed by atoms with E-state index < -0.39 is 5.97 Å². The molecule has 4 rings (SSSR count). The Hall–Kier alpha value is -2.33. The third-order valence-electron chi connectivity index (χ3n) is 4.91. The van der Waals surface area contributed by atoms with Crippen LogP contribution in [0.4, 0.5) is 10.1 Å². The number of aromatic carboxylic acids is 1. The molecule has 0 fully saturated rings. The van der Waals surface area contributed by atoms with E-state index in [0.29, 0.717) is 10.6 Å². The van der Waals surface area contributed by atoms with Gasteiger partial charge in [0.2, 0.25) is 0 Å². The van der Waals surface area contributed by atoms with Crippen molar-refractivity contribution >= 4 is 23.3 Å². The van der Waals surface area contributed by atoms with Gasteiger partial charge in [-0.15, -0.1) is 0 Å². The number of carbonyl (C=O) groups excluding carboxylic acids is 1. The second-order valence-electron chi connectivity index (χ2n) is 6.20. The Morgan fingerprint density at radius 2 is 2.12 bits per heavy atom. The normalized spacial score (nSPS) is 24.2. The number of benzene rings is 2. The molecule has 1 N–H and O–H groups in total. The Kier molecular flexibility index (Phi) is 3.57. The Morgan fingerprint density at radius 3 is 2.88 bits per heavy atom. The summed E-state index contributed by atoms with van der Waals surface area (Å²) in [5, 5.41) is 14.9. The molecular formula is C19H14ClFNO2-. The molecule has 2 aromatic carbocycles. The predicted octanol–water partition coefficient (Wildman–Crippen LogP) is 3.67. The van der Waals surface area contributed by atoms with E-state index in [0.717, 1.165) is 17.7 Å². The molecule has 1 heterocycles. The second kappa shape index (κ2) is 5.64. The molecule has 0 bridgehead atoms. The zero-order valence-electron chi connectivity index (χ0n) is 12.6. The molecule has 2 aromatic rings. The maximum absolute atomic E-state index is 14.4. The number of carbonyl (C=O) groups is 1. The average Bonchev–Trinajstić information content (AvgIpc) is 3.04. The largest absolute Gasteiger partial charge is 0.545 e. The molecule has 24 heavy (non-hydrogen) atoms. The van der Waals surface area contributed by atoms with Gasteiger partial charge in [0.25, 0.3) is 0 Å². The number of fused-ring (bicyclic) bond motifs is 3. The Balaban J connectivity index is 1.83. The van der Waals surface area contributed by atoms with Crippen LogP contribution in [0.5, 0.6) is 0 Å². The molecule has 1 aliphatic heterocycles. The summed E-state index contributed by atoms with van der Waals surface area (Å²) >= 11 is 6.26. The first kappa shape index (κ1) is 15.2. The summed E-state index contributed by atoms with van der Waals surface area (Å²) in [7, 11) is 0. The summed E-state index contributed by atoms with van der Waals surface area (Å²) in [5.41, 5.74) is 2.32. The molecule has 0 saturated carbocycles. The van der Waals surface area contributed by atoms with Crippen LogP contribution in [0.25, 0.3) is 0 Å². The Bertz CT molecular complexity index is 844. The summed E-state index contributed by atoms with van der Waals surface area (Å²) in [4.78, 5) is 11.1. The first-order chi connectivity index (χ1) is 11.6. The number of nitrogens with one attached hydrogen (secondary N) is 1. The number of anilines is 1. The van der Waals surface area contributed by atoms with Crippen LogP contribution >= 0.6 is 11.6 Å². The van der Waals surface area contributed by atoms with E-state index in [-0.39, 0.29) is 29.3 Å². The minimum absolute atomic E-state index is 0.0289. The van der Waals surface area contributed by atoms with Crippen molar-refractivity contribution in [2.75, 3.05) is 5.32 Å². The van der Waals surface area contributed by atoms with E-state index in [2.05, 4.69) is 17.5 Å². The molecule has 2 aliphatic rings. The molecule has 0 spiro atoms. The number of halogens is 2. The number of rotatable bonds is 2. The van der Waals surface area contributed by atoms with Crippen molar-refractivity contribution in [1.82, 2.24) is 0 Å². The van der Waals surface area contributed by atoms with Crippen molar-refractivity contribution in [3.05, 3.63) is 76.1 Å².